The Bertz CT molecular complexity index is 839. The summed E-state index contributed by atoms with van der Waals surface area (Å²) in [6, 6.07) is 9.33. The van der Waals surface area contributed by atoms with Gasteiger partial charge < -0.3 is 21.1 Å². The molecule has 6 nitrogen and oxygen atoms in total. The lowest BCUT2D eigenvalue weighted by molar-refractivity contribution is 0.0747. The zero-order valence-electron chi connectivity index (χ0n) is 16.5. The SMILES string of the molecule is CC(C)(CO)CN1CCC(N)(CNC(=O)c2cccc3cccnc23)C(Cl)C1. The first-order chi connectivity index (χ1) is 13.2. The van der Waals surface area contributed by atoms with Gasteiger partial charge in [-0.1, -0.05) is 32.0 Å². The number of nitrogens with two attached hydrogens (primary N) is 1. The Balaban J connectivity index is 1.63. The number of aliphatic hydroxyl groups excluding tert-OH is 1. The molecule has 2 unspecified atom stereocenters. The summed E-state index contributed by atoms with van der Waals surface area (Å²) in [5.41, 5.74) is 6.93. The molecule has 2 atom stereocenters. The van der Waals surface area contributed by atoms with Crippen molar-refractivity contribution >= 4 is 28.4 Å². The van der Waals surface area contributed by atoms with Crippen molar-refractivity contribution < 1.29 is 9.90 Å². The van der Waals surface area contributed by atoms with Gasteiger partial charge in [-0.15, -0.1) is 11.6 Å². The van der Waals surface area contributed by atoms with Gasteiger partial charge in [0.05, 0.1) is 22.0 Å². The minimum absolute atomic E-state index is 0.124. The molecule has 0 saturated carbocycles. The quantitative estimate of drug-likeness (QED) is 0.640. The molecule has 4 N–H and O–H groups in total. The number of aromatic nitrogens is 1. The maximum absolute atomic E-state index is 12.8. The van der Waals surface area contributed by atoms with E-state index in [9.17, 15) is 9.90 Å². The number of pyridine rings is 1. The summed E-state index contributed by atoms with van der Waals surface area (Å²) in [6.07, 6.45) is 2.36. The zero-order chi connectivity index (χ0) is 20.4. The summed E-state index contributed by atoms with van der Waals surface area (Å²) in [7, 11) is 0. The first-order valence-corrected chi connectivity index (χ1v) is 10.1. The third-order valence-corrected chi connectivity index (χ3v) is 6.04. The molecule has 0 spiro atoms. The van der Waals surface area contributed by atoms with Crippen LogP contribution in [0.1, 0.15) is 30.6 Å². The van der Waals surface area contributed by atoms with E-state index in [1.807, 2.05) is 38.1 Å². The van der Waals surface area contributed by atoms with Gasteiger partial charge in [-0.2, -0.15) is 0 Å². The molecule has 1 amide bonds. The second kappa shape index (κ2) is 8.33. The normalized spacial score (nSPS) is 23.7. The van der Waals surface area contributed by atoms with Gasteiger partial charge in [0, 0.05) is 49.8 Å². The average molecular weight is 405 g/mol. The van der Waals surface area contributed by atoms with Crippen LogP contribution in [-0.2, 0) is 0 Å². The summed E-state index contributed by atoms with van der Waals surface area (Å²) in [6.45, 7) is 6.66. The number of rotatable bonds is 6. The number of alkyl halides is 1. The van der Waals surface area contributed by atoms with Crippen LogP contribution in [0.25, 0.3) is 10.9 Å². The second-order valence-corrected chi connectivity index (χ2v) is 9.10. The molecule has 0 bridgehead atoms. The topological polar surface area (TPSA) is 91.5 Å². The van der Waals surface area contributed by atoms with Gasteiger partial charge in [-0.25, -0.2) is 0 Å². The van der Waals surface area contributed by atoms with E-state index in [0.717, 1.165) is 18.5 Å². The number of halogens is 1. The first-order valence-electron chi connectivity index (χ1n) is 9.62. The number of hydrogen-bond acceptors (Lipinski definition) is 5. The lowest BCUT2D eigenvalue weighted by Crippen LogP contribution is -2.64. The number of likely N-dealkylation sites (tertiary alicyclic amines) is 1. The molecule has 1 aliphatic rings. The standard InChI is InChI=1S/C21H29ClN4O2/c1-20(2,14-27)13-26-10-8-21(23,17(22)11-26)12-25-19(28)16-7-3-5-15-6-4-9-24-18(15)16/h3-7,9,17,27H,8,10-14,23H2,1-2H3,(H,25,28). The summed E-state index contributed by atoms with van der Waals surface area (Å²) in [5, 5.41) is 13.1. The summed E-state index contributed by atoms with van der Waals surface area (Å²) in [5.74, 6) is -0.193. The molecule has 1 saturated heterocycles. The number of piperidine rings is 1. The van der Waals surface area contributed by atoms with Gasteiger partial charge in [-0.3, -0.25) is 9.78 Å². The predicted octanol–water partition coefficient (Wildman–Crippen LogP) is 1.99. The van der Waals surface area contributed by atoms with Crippen LogP contribution in [0.2, 0.25) is 0 Å². The molecule has 1 fully saturated rings. The fourth-order valence-electron chi connectivity index (χ4n) is 3.65. The Morgan fingerprint density at radius 1 is 1.43 bits per heavy atom. The molecule has 28 heavy (non-hydrogen) atoms. The molecule has 152 valence electrons. The van der Waals surface area contributed by atoms with Crippen LogP contribution < -0.4 is 11.1 Å². The molecular formula is C21H29ClN4O2. The molecule has 2 aromatic rings. The number of nitrogens with zero attached hydrogens (tertiary/aromatic N) is 2. The monoisotopic (exact) mass is 404 g/mol. The third-order valence-electron chi connectivity index (χ3n) is 5.47. The molecule has 2 heterocycles. The molecule has 0 radical (unpaired) electrons. The van der Waals surface area contributed by atoms with Crippen molar-refractivity contribution in [2.45, 2.75) is 31.2 Å². The van der Waals surface area contributed by atoms with Gasteiger partial charge >= 0.3 is 0 Å². The van der Waals surface area contributed by atoms with Crippen molar-refractivity contribution in [3.05, 3.63) is 42.1 Å². The minimum atomic E-state index is -0.672. The van der Waals surface area contributed by atoms with Crippen LogP contribution in [0, 0.1) is 5.41 Å². The Labute approximate surface area is 171 Å². The Hall–Kier alpha value is -1.73. The van der Waals surface area contributed by atoms with Crippen molar-refractivity contribution in [3.63, 3.8) is 0 Å². The fraction of sp³-hybridized carbons (Fsp3) is 0.524. The largest absolute Gasteiger partial charge is 0.396 e. The van der Waals surface area contributed by atoms with Gasteiger partial charge in [0.2, 0.25) is 0 Å². The molecule has 3 rings (SSSR count). The van der Waals surface area contributed by atoms with E-state index in [0.29, 0.717) is 30.6 Å². The summed E-state index contributed by atoms with van der Waals surface area (Å²) >= 11 is 6.62. The number of para-hydroxylation sites is 1. The van der Waals surface area contributed by atoms with Crippen LogP contribution in [0.3, 0.4) is 0 Å². The smallest absolute Gasteiger partial charge is 0.253 e. The fourth-order valence-corrected chi connectivity index (χ4v) is 4.03. The Morgan fingerprint density at radius 2 is 2.18 bits per heavy atom. The summed E-state index contributed by atoms with van der Waals surface area (Å²) in [4.78, 5) is 19.3. The van der Waals surface area contributed by atoms with E-state index >= 15 is 0 Å². The van der Waals surface area contributed by atoms with Gasteiger partial charge in [-0.05, 0) is 18.6 Å². The molecule has 1 aliphatic heterocycles. The lowest BCUT2D eigenvalue weighted by atomic mass is 9.86. The van der Waals surface area contributed by atoms with E-state index in [2.05, 4.69) is 15.2 Å². The second-order valence-electron chi connectivity index (χ2n) is 8.57. The van der Waals surface area contributed by atoms with E-state index in [1.165, 1.54) is 0 Å². The van der Waals surface area contributed by atoms with Gasteiger partial charge in [0.25, 0.3) is 5.91 Å². The average Bonchev–Trinajstić information content (AvgIpc) is 2.68. The number of carbonyl (C=O) groups excluding carboxylic acids is 1. The molecule has 1 aromatic carbocycles. The third kappa shape index (κ3) is 4.63. The van der Waals surface area contributed by atoms with E-state index in [-0.39, 0.29) is 23.3 Å². The number of benzene rings is 1. The van der Waals surface area contributed by atoms with E-state index in [4.69, 9.17) is 17.3 Å². The molecule has 0 aliphatic carbocycles. The van der Waals surface area contributed by atoms with Crippen LogP contribution in [-0.4, -0.2) is 64.6 Å². The highest BCUT2D eigenvalue weighted by molar-refractivity contribution is 6.21. The van der Waals surface area contributed by atoms with Crippen LogP contribution in [0.4, 0.5) is 0 Å². The molecule has 7 heteroatoms. The van der Waals surface area contributed by atoms with E-state index in [1.54, 1.807) is 12.3 Å². The maximum atomic E-state index is 12.8. The van der Waals surface area contributed by atoms with Crippen molar-refractivity contribution in [1.29, 1.82) is 0 Å². The predicted molar refractivity (Wildman–Crippen MR) is 113 cm³/mol. The number of hydrogen-bond donors (Lipinski definition) is 3. The summed E-state index contributed by atoms with van der Waals surface area (Å²) < 4.78 is 0. The number of fused-ring (bicyclic) bond motifs is 1. The van der Waals surface area contributed by atoms with E-state index < -0.39 is 5.54 Å². The highest BCUT2D eigenvalue weighted by Crippen LogP contribution is 2.27. The minimum Gasteiger partial charge on any atom is -0.396 e. The highest BCUT2D eigenvalue weighted by atomic mass is 35.5. The van der Waals surface area contributed by atoms with Crippen LogP contribution >= 0.6 is 11.6 Å². The van der Waals surface area contributed by atoms with Gasteiger partial charge in [0.1, 0.15) is 0 Å². The van der Waals surface area contributed by atoms with Gasteiger partial charge in [0.15, 0.2) is 0 Å². The number of amides is 1. The van der Waals surface area contributed by atoms with Crippen molar-refractivity contribution in [2.75, 3.05) is 32.8 Å². The molecule has 1 aromatic heterocycles. The Kier molecular flexibility index (Phi) is 6.25. The van der Waals surface area contributed by atoms with Crippen molar-refractivity contribution in [1.82, 2.24) is 15.2 Å². The van der Waals surface area contributed by atoms with Crippen LogP contribution in [0.5, 0.6) is 0 Å². The maximum Gasteiger partial charge on any atom is 0.253 e. The Morgan fingerprint density at radius 3 is 2.89 bits per heavy atom. The lowest BCUT2D eigenvalue weighted by Gasteiger charge is -2.44. The number of aliphatic hydroxyl groups is 1. The van der Waals surface area contributed by atoms with Crippen molar-refractivity contribution in [2.24, 2.45) is 11.1 Å². The van der Waals surface area contributed by atoms with Crippen molar-refractivity contribution in [3.8, 4) is 0 Å². The number of nitrogens with one attached hydrogen (secondary N) is 1. The first kappa shape index (κ1) is 21.0. The highest BCUT2D eigenvalue weighted by Gasteiger charge is 2.40. The van der Waals surface area contributed by atoms with Crippen LogP contribution in [0.15, 0.2) is 36.5 Å². The zero-order valence-corrected chi connectivity index (χ0v) is 17.2. The number of carbonyl (C=O) groups is 1. The molecular weight excluding hydrogens is 376 g/mol.